The molecule has 34 heavy (non-hydrogen) atoms. The molecule has 8 nitrogen and oxygen atoms in total. The molecule has 0 unspecified atom stereocenters. The van der Waals surface area contributed by atoms with Crippen LogP contribution in [0.2, 0.25) is 0 Å². The normalized spacial score (nSPS) is 40.9. The number of ether oxygens (including phenoxy) is 1. The Morgan fingerprint density at radius 1 is 1.21 bits per heavy atom. The van der Waals surface area contributed by atoms with Crippen LogP contribution in [0.4, 0.5) is 0 Å². The van der Waals surface area contributed by atoms with Crippen molar-refractivity contribution in [3.8, 4) is 0 Å². The quantitative estimate of drug-likeness (QED) is 0.394. The van der Waals surface area contributed by atoms with Crippen LogP contribution >= 0.6 is 0 Å². The maximum absolute atomic E-state index is 13.1. The molecule has 0 saturated heterocycles. The Kier molecular flexibility index (Phi) is 6.13. The second-order valence-corrected chi connectivity index (χ2v) is 11.1. The van der Waals surface area contributed by atoms with Gasteiger partial charge in [0.1, 0.15) is 5.60 Å². The van der Waals surface area contributed by atoms with E-state index in [0.717, 1.165) is 11.1 Å². The lowest BCUT2D eigenvalue weighted by Gasteiger charge is -2.59. The Morgan fingerprint density at radius 3 is 2.59 bits per heavy atom. The van der Waals surface area contributed by atoms with Crippen LogP contribution in [0.3, 0.4) is 0 Å². The fourth-order valence-electron chi connectivity index (χ4n) is 7.69. The average Bonchev–Trinajstić information content (AvgIpc) is 3.03. The van der Waals surface area contributed by atoms with Crippen molar-refractivity contribution >= 4 is 23.5 Å². The molecule has 2 fully saturated rings. The van der Waals surface area contributed by atoms with Crippen LogP contribution in [-0.4, -0.2) is 57.1 Å². The van der Waals surface area contributed by atoms with E-state index in [2.05, 4.69) is 6.92 Å². The Labute approximate surface area is 199 Å². The first-order valence-corrected chi connectivity index (χ1v) is 12.1. The molecule has 3 N–H and O–H groups in total. The van der Waals surface area contributed by atoms with E-state index in [1.807, 2.05) is 19.9 Å². The Hall–Kier alpha value is -2.32. The molecule has 7 atom stereocenters. The van der Waals surface area contributed by atoms with Gasteiger partial charge in [0.05, 0.1) is 18.9 Å². The second-order valence-electron chi connectivity index (χ2n) is 11.1. The van der Waals surface area contributed by atoms with Crippen LogP contribution in [0.25, 0.3) is 0 Å². The molecular weight excluding hydrogens is 440 g/mol. The molecule has 0 aromatic heterocycles. The number of carboxylic acids is 1. The molecule has 4 aliphatic rings. The van der Waals surface area contributed by atoms with Crippen molar-refractivity contribution in [2.75, 3.05) is 6.61 Å². The van der Waals surface area contributed by atoms with E-state index in [9.17, 15) is 29.4 Å². The van der Waals surface area contributed by atoms with Crippen molar-refractivity contribution < 1.29 is 39.2 Å². The predicted molar refractivity (Wildman–Crippen MR) is 120 cm³/mol. The largest absolute Gasteiger partial charge is 0.481 e. The lowest BCUT2D eigenvalue weighted by atomic mass is 9.46. The minimum atomic E-state index is -1.74. The molecule has 186 valence electrons. The molecule has 0 aliphatic heterocycles. The maximum Gasteiger partial charge on any atom is 0.306 e. The van der Waals surface area contributed by atoms with Crippen LogP contribution in [-0.2, 0) is 23.9 Å². The van der Waals surface area contributed by atoms with Gasteiger partial charge in [-0.2, -0.15) is 0 Å². The summed E-state index contributed by atoms with van der Waals surface area (Å²) >= 11 is 0. The van der Waals surface area contributed by atoms with Crippen molar-refractivity contribution in [3.63, 3.8) is 0 Å². The zero-order chi connectivity index (χ0) is 25.1. The number of aliphatic hydroxyl groups excluding tert-OH is 1. The van der Waals surface area contributed by atoms with Gasteiger partial charge < -0.3 is 20.1 Å². The van der Waals surface area contributed by atoms with Gasteiger partial charge in [-0.05, 0) is 50.5 Å². The topological polar surface area (TPSA) is 138 Å². The molecule has 0 amide bonds. The summed E-state index contributed by atoms with van der Waals surface area (Å²) in [5.74, 6) is -2.55. The van der Waals surface area contributed by atoms with E-state index in [-0.39, 0.29) is 49.2 Å². The number of ketones is 2. The maximum atomic E-state index is 13.1. The molecule has 2 saturated carbocycles. The molecule has 0 bridgehead atoms. The van der Waals surface area contributed by atoms with Crippen molar-refractivity contribution in [1.29, 1.82) is 0 Å². The number of carbonyl (C=O) groups is 4. The zero-order valence-electron chi connectivity index (χ0n) is 20.0. The van der Waals surface area contributed by atoms with E-state index in [1.165, 1.54) is 0 Å². The number of Topliss-reactive ketones (excluding diaryl/α,β-unsaturated/α-hetero) is 1. The first-order chi connectivity index (χ1) is 15.8. The summed E-state index contributed by atoms with van der Waals surface area (Å²) in [6.07, 6.45) is 4.19. The second kappa shape index (κ2) is 8.41. The summed E-state index contributed by atoms with van der Waals surface area (Å²) in [5, 5.41) is 31.8. The summed E-state index contributed by atoms with van der Waals surface area (Å²) in [7, 11) is 0. The Balaban J connectivity index is 1.57. The summed E-state index contributed by atoms with van der Waals surface area (Å²) in [5.41, 5.74) is -0.839. The highest BCUT2D eigenvalue weighted by Crippen LogP contribution is 2.67. The highest BCUT2D eigenvalue weighted by atomic mass is 16.5. The van der Waals surface area contributed by atoms with Gasteiger partial charge in [0.2, 0.25) is 5.78 Å². The van der Waals surface area contributed by atoms with Crippen LogP contribution in [0, 0.1) is 28.6 Å². The molecular formula is C26H34O8. The molecule has 0 heterocycles. The number of aliphatic hydroxyl groups is 2. The third-order valence-corrected chi connectivity index (χ3v) is 9.34. The van der Waals surface area contributed by atoms with Gasteiger partial charge in [-0.25, -0.2) is 0 Å². The monoisotopic (exact) mass is 474 g/mol. The van der Waals surface area contributed by atoms with E-state index in [1.54, 1.807) is 6.08 Å². The van der Waals surface area contributed by atoms with Crippen molar-refractivity contribution in [3.05, 3.63) is 23.3 Å². The van der Waals surface area contributed by atoms with Gasteiger partial charge in [-0.1, -0.05) is 31.1 Å². The number of aliphatic carboxylic acids is 1. The van der Waals surface area contributed by atoms with Crippen LogP contribution in [0.1, 0.15) is 65.7 Å². The number of carboxylic acid groups (broad SMARTS) is 1. The number of rotatable bonds is 6. The van der Waals surface area contributed by atoms with Crippen LogP contribution in [0.5, 0.6) is 0 Å². The number of hydrogen-bond acceptors (Lipinski definition) is 7. The first-order valence-electron chi connectivity index (χ1n) is 12.1. The lowest BCUT2D eigenvalue weighted by molar-refractivity contribution is -0.180. The Bertz CT molecular complexity index is 995. The van der Waals surface area contributed by atoms with E-state index < -0.39 is 46.9 Å². The number of fused-ring (bicyclic) bond motifs is 5. The third kappa shape index (κ3) is 3.66. The SMILES string of the molecule is CC1=C2CC(=O)C=C[C@]2(C)[C@@H]2[C@@H](C1)[C@@H]1CC[C@](O)(C(=O)COC(=O)CCC(=O)O)[C@@]1(C)C[C@@H]2O. The predicted octanol–water partition coefficient (Wildman–Crippen LogP) is 2.36. The van der Waals surface area contributed by atoms with Gasteiger partial charge in [-0.3, -0.25) is 19.2 Å². The lowest BCUT2D eigenvalue weighted by Crippen LogP contribution is -2.61. The molecule has 0 radical (unpaired) electrons. The van der Waals surface area contributed by atoms with E-state index in [0.29, 0.717) is 19.3 Å². The van der Waals surface area contributed by atoms with Crippen LogP contribution < -0.4 is 0 Å². The summed E-state index contributed by atoms with van der Waals surface area (Å²) in [4.78, 5) is 47.7. The van der Waals surface area contributed by atoms with E-state index >= 15 is 0 Å². The smallest absolute Gasteiger partial charge is 0.306 e. The number of hydrogen-bond donors (Lipinski definition) is 3. The summed E-state index contributed by atoms with van der Waals surface area (Å²) in [6, 6.07) is 0. The van der Waals surface area contributed by atoms with Gasteiger partial charge in [-0.15, -0.1) is 0 Å². The summed E-state index contributed by atoms with van der Waals surface area (Å²) in [6.45, 7) is 5.36. The molecule has 0 aromatic carbocycles. The average molecular weight is 475 g/mol. The number of esters is 1. The minimum absolute atomic E-state index is 0.0167. The standard InChI is InChI=1S/C26H34O8/c1-14-10-16-17-7-9-26(33,20(29)13-34-22(32)5-4-21(30)31)25(17,3)12-19(28)23(16)24(2)8-6-15(27)11-18(14)24/h6,8,16-17,19,23,28,33H,4-5,7,9-13H2,1-3H3,(H,30,31)/t16-,17-,19-,23+,24-,25-,26-/m0/s1. The van der Waals surface area contributed by atoms with E-state index in [4.69, 9.17) is 9.84 Å². The highest BCUT2D eigenvalue weighted by Gasteiger charge is 2.68. The van der Waals surface area contributed by atoms with Crippen molar-refractivity contribution in [2.45, 2.75) is 77.4 Å². The summed E-state index contributed by atoms with van der Waals surface area (Å²) < 4.78 is 4.98. The highest BCUT2D eigenvalue weighted by molar-refractivity contribution is 5.94. The fraction of sp³-hybridized carbons (Fsp3) is 0.692. The number of carbonyl (C=O) groups excluding carboxylic acids is 3. The van der Waals surface area contributed by atoms with Gasteiger partial charge in [0, 0.05) is 23.2 Å². The number of allylic oxidation sites excluding steroid dienone is 4. The first kappa shape index (κ1) is 24.8. The molecule has 4 aliphatic carbocycles. The van der Waals surface area contributed by atoms with Gasteiger partial charge >= 0.3 is 11.9 Å². The van der Waals surface area contributed by atoms with Crippen molar-refractivity contribution in [1.82, 2.24) is 0 Å². The zero-order valence-corrected chi connectivity index (χ0v) is 20.0. The molecule has 0 spiro atoms. The third-order valence-electron chi connectivity index (χ3n) is 9.34. The molecule has 4 rings (SSSR count). The van der Waals surface area contributed by atoms with Crippen LogP contribution in [0.15, 0.2) is 23.3 Å². The Morgan fingerprint density at radius 2 is 1.91 bits per heavy atom. The molecule has 8 heteroatoms. The molecule has 0 aromatic rings. The van der Waals surface area contributed by atoms with Gasteiger partial charge in [0.15, 0.2) is 12.4 Å². The fourth-order valence-corrected chi connectivity index (χ4v) is 7.69. The van der Waals surface area contributed by atoms with Gasteiger partial charge in [0.25, 0.3) is 0 Å². The minimum Gasteiger partial charge on any atom is -0.481 e. The van der Waals surface area contributed by atoms with Crippen molar-refractivity contribution in [2.24, 2.45) is 28.6 Å².